The van der Waals surface area contributed by atoms with Crippen LogP contribution in [0, 0.1) is 0 Å². The summed E-state index contributed by atoms with van der Waals surface area (Å²) in [6.07, 6.45) is 2.05. The van der Waals surface area contributed by atoms with E-state index in [1.165, 1.54) is 5.56 Å². The van der Waals surface area contributed by atoms with Gasteiger partial charge >= 0.3 is 0 Å². The molecule has 0 radical (unpaired) electrons. The van der Waals surface area contributed by atoms with E-state index in [0.717, 1.165) is 19.4 Å². The van der Waals surface area contributed by atoms with Crippen molar-refractivity contribution in [3.8, 4) is 5.75 Å². The maximum Gasteiger partial charge on any atom is 0.115 e. The van der Waals surface area contributed by atoms with E-state index in [0.29, 0.717) is 11.8 Å². The lowest BCUT2D eigenvalue weighted by atomic mass is 10.0. The summed E-state index contributed by atoms with van der Waals surface area (Å²) in [5.74, 6) is 0.322. The standard InChI is InChI=1S/C12H18N2O/c1-14-7-6-11(13)12(14)8-9-2-4-10(15)5-3-9/h2-5,11-12,15H,6-8,13H2,1H3. The molecule has 3 N–H and O–H groups in total. The lowest BCUT2D eigenvalue weighted by Crippen LogP contribution is -2.38. The Bertz CT molecular complexity index is 313. The third-order valence-electron chi connectivity index (χ3n) is 3.26. The predicted octanol–water partition coefficient (Wildman–Crippen LogP) is 0.966. The van der Waals surface area contributed by atoms with Crippen LogP contribution in [-0.4, -0.2) is 35.7 Å². The van der Waals surface area contributed by atoms with Gasteiger partial charge in [-0.15, -0.1) is 0 Å². The van der Waals surface area contributed by atoms with Crippen LogP contribution < -0.4 is 5.73 Å². The van der Waals surface area contributed by atoms with E-state index >= 15 is 0 Å². The molecule has 1 fully saturated rings. The number of rotatable bonds is 2. The van der Waals surface area contributed by atoms with Gasteiger partial charge in [-0.2, -0.15) is 0 Å². The Hall–Kier alpha value is -1.06. The number of nitrogens with two attached hydrogens (primary N) is 1. The topological polar surface area (TPSA) is 49.5 Å². The third kappa shape index (κ3) is 2.30. The maximum absolute atomic E-state index is 9.19. The molecular formula is C12H18N2O. The molecular weight excluding hydrogens is 188 g/mol. The molecule has 1 aliphatic rings. The second-order valence-electron chi connectivity index (χ2n) is 4.37. The summed E-state index contributed by atoms with van der Waals surface area (Å²) in [4.78, 5) is 2.32. The lowest BCUT2D eigenvalue weighted by Gasteiger charge is -2.22. The number of aromatic hydroxyl groups is 1. The van der Waals surface area contributed by atoms with Crippen LogP contribution in [0.3, 0.4) is 0 Å². The molecule has 1 aromatic carbocycles. The van der Waals surface area contributed by atoms with E-state index in [1.807, 2.05) is 12.1 Å². The molecule has 3 heteroatoms. The Labute approximate surface area is 90.5 Å². The minimum absolute atomic E-state index is 0.281. The number of phenolic OH excluding ortho intramolecular Hbond substituents is 1. The Morgan fingerprint density at radius 2 is 2.07 bits per heavy atom. The van der Waals surface area contributed by atoms with Gasteiger partial charge in [-0.05, 0) is 44.1 Å². The van der Waals surface area contributed by atoms with Crippen LogP contribution in [0.4, 0.5) is 0 Å². The van der Waals surface area contributed by atoms with Crippen molar-refractivity contribution < 1.29 is 5.11 Å². The summed E-state index contributed by atoms with van der Waals surface area (Å²) in [7, 11) is 2.12. The minimum atomic E-state index is 0.281. The monoisotopic (exact) mass is 206 g/mol. The highest BCUT2D eigenvalue weighted by atomic mass is 16.3. The van der Waals surface area contributed by atoms with Gasteiger partial charge in [0, 0.05) is 12.1 Å². The second kappa shape index (κ2) is 4.21. The summed E-state index contributed by atoms with van der Waals surface area (Å²) >= 11 is 0. The molecule has 0 aliphatic carbocycles. The molecule has 1 saturated heterocycles. The molecule has 0 amide bonds. The van der Waals surface area contributed by atoms with E-state index in [2.05, 4.69) is 11.9 Å². The number of nitrogens with zero attached hydrogens (tertiary/aromatic N) is 1. The molecule has 1 aliphatic heterocycles. The Morgan fingerprint density at radius 1 is 1.40 bits per heavy atom. The predicted molar refractivity (Wildman–Crippen MR) is 60.8 cm³/mol. The molecule has 0 saturated carbocycles. The van der Waals surface area contributed by atoms with Gasteiger partial charge in [-0.1, -0.05) is 12.1 Å². The number of hydrogen-bond donors (Lipinski definition) is 2. The van der Waals surface area contributed by atoms with Gasteiger partial charge < -0.3 is 15.7 Å². The molecule has 0 spiro atoms. The molecule has 82 valence electrons. The van der Waals surface area contributed by atoms with E-state index in [4.69, 9.17) is 5.73 Å². The lowest BCUT2D eigenvalue weighted by molar-refractivity contribution is 0.296. The highest BCUT2D eigenvalue weighted by Crippen LogP contribution is 2.19. The highest BCUT2D eigenvalue weighted by Gasteiger charge is 2.28. The summed E-state index contributed by atoms with van der Waals surface area (Å²) in [5, 5.41) is 9.19. The smallest absolute Gasteiger partial charge is 0.115 e. The first-order valence-corrected chi connectivity index (χ1v) is 5.40. The first kappa shape index (κ1) is 10.5. The van der Waals surface area contributed by atoms with Crippen LogP contribution in [0.5, 0.6) is 5.75 Å². The number of likely N-dealkylation sites (tertiary alicyclic amines) is 1. The zero-order valence-corrected chi connectivity index (χ0v) is 9.06. The molecule has 1 heterocycles. The number of likely N-dealkylation sites (N-methyl/N-ethyl adjacent to an activating group) is 1. The fraction of sp³-hybridized carbons (Fsp3) is 0.500. The molecule has 1 aromatic rings. The number of phenols is 1. The van der Waals surface area contributed by atoms with E-state index in [9.17, 15) is 5.11 Å². The summed E-state index contributed by atoms with van der Waals surface area (Å²) < 4.78 is 0. The quantitative estimate of drug-likeness (QED) is 0.758. The van der Waals surface area contributed by atoms with Crippen LogP contribution in [-0.2, 0) is 6.42 Å². The molecule has 0 bridgehead atoms. The Morgan fingerprint density at radius 3 is 2.60 bits per heavy atom. The van der Waals surface area contributed by atoms with Crippen LogP contribution in [0.25, 0.3) is 0 Å². The van der Waals surface area contributed by atoms with Gasteiger partial charge in [-0.25, -0.2) is 0 Å². The van der Waals surface area contributed by atoms with Crippen molar-refractivity contribution >= 4 is 0 Å². The van der Waals surface area contributed by atoms with Gasteiger partial charge in [0.2, 0.25) is 0 Å². The van der Waals surface area contributed by atoms with Crippen molar-refractivity contribution in [3.63, 3.8) is 0 Å². The largest absolute Gasteiger partial charge is 0.508 e. The second-order valence-corrected chi connectivity index (χ2v) is 4.37. The number of benzene rings is 1. The minimum Gasteiger partial charge on any atom is -0.508 e. The van der Waals surface area contributed by atoms with E-state index in [1.54, 1.807) is 12.1 Å². The van der Waals surface area contributed by atoms with Gasteiger partial charge in [0.1, 0.15) is 5.75 Å². The summed E-state index contributed by atoms with van der Waals surface area (Å²) in [6, 6.07) is 8.12. The summed E-state index contributed by atoms with van der Waals surface area (Å²) in [6.45, 7) is 1.09. The zero-order chi connectivity index (χ0) is 10.8. The average Bonchev–Trinajstić information content (AvgIpc) is 2.53. The average molecular weight is 206 g/mol. The summed E-state index contributed by atoms with van der Waals surface area (Å²) in [5.41, 5.74) is 7.29. The molecule has 0 aromatic heterocycles. The van der Waals surface area contributed by atoms with Crippen molar-refractivity contribution in [2.45, 2.75) is 24.9 Å². The van der Waals surface area contributed by atoms with Gasteiger partial charge in [-0.3, -0.25) is 0 Å². The van der Waals surface area contributed by atoms with Crippen molar-refractivity contribution in [1.29, 1.82) is 0 Å². The zero-order valence-electron chi connectivity index (χ0n) is 9.06. The third-order valence-corrected chi connectivity index (χ3v) is 3.26. The molecule has 15 heavy (non-hydrogen) atoms. The van der Waals surface area contributed by atoms with Crippen molar-refractivity contribution in [2.24, 2.45) is 5.73 Å². The van der Waals surface area contributed by atoms with Crippen molar-refractivity contribution in [2.75, 3.05) is 13.6 Å². The maximum atomic E-state index is 9.19. The van der Waals surface area contributed by atoms with E-state index < -0.39 is 0 Å². The normalized spacial score (nSPS) is 27.1. The molecule has 2 rings (SSSR count). The Kier molecular flexibility index (Phi) is 2.93. The first-order chi connectivity index (χ1) is 7.16. The van der Waals surface area contributed by atoms with Crippen LogP contribution >= 0.6 is 0 Å². The SMILES string of the molecule is CN1CCC(N)C1Cc1ccc(O)cc1. The van der Waals surface area contributed by atoms with Crippen molar-refractivity contribution in [3.05, 3.63) is 29.8 Å². The van der Waals surface area contributed by atoms with Crippen LogP contribution in [0.1, 0.15) is 12.0 Å². The van der Waals surface area contributed by atoms with Gasteiger partial charge in [0.25, 0.3) is 0 Å². The van der Waals surface area contributed by atoms with E-state index in [-0.39, 0.29) is 6.04 Å². The van der Waals surface area contributed by atoms with Crippen LogP contribution in [0.2, 0.25) is 0 Å². The van der Waals surface area contributed by atoms with Gasteiger partial charge in [0.15, 0.2) is 0 Å². The number of hydrogen-bond acceptors (Lipinski definition) is 3. The van der Waals surface area contributed by atoms with Gasteiger partial charge in [0.05, 0.1) is 0 Å². The molecule has 3 nitrogen and oxygen atoms in total. The fourth-order valence-electron chi connectivity index (χ4n) is 2.22. The molecule has 2 unspecified atom stereocenters. The molecule has 2 atom stereocenters. The van der Waals surface area contributed by atoms with Crippen LogP contribution in [0.15, 0.2) is 24.3 Å². The Balaban J connectivity index is 2.04. The van der Waals surface area contributed by atoms with Crippen molar-refractivity contribution in [1.82, 2.24) is 4.90 Å². The first-order valence-electron chi connectivity index (χ1n) is 5.40. The fourth-order valence-corrected chi connectivity index (χ4v) is 2.22. The highest BCUT2D eigenvalue weighted by molar-refractivity contribution is 5.26.